The minimum atomic E-state index is -1.05. The van der Waals surface area contributed by atoms with Crippen LogP contribution in [0.15, 0.2) is 0 Å². The molecular weight excluding hydrogens is 140 g/mol. The van der Waals surface area contributed by atoms with Gasteiger partial charge in [-0.05, 0) is 19.3 Å². The molecule has 0 aliphatic heterocycles. The van der Waals surface area contributed by atoms with E-state index < -0.39 is 5.60 Å². The van der Waals surface area contributed by atoms with Crippen molar-refractivity contribution in [3.05, 3.63) is 0 Å². The average Bonchev–Trinajstić information content (AvgIpc) is 2.03. The number of aliphatic hydroxyl groups is 1. The minimum Gasteiger partial charge on any atom is -0.382 e. The maximum Gasteiger partial charge on any atom is 0.164 e. The van der Waals surface area contributed by atoms with E-state index >= 15 is 0 Å². The summed E-state index contributed by atoms with van der Waals surface area (Å²) in [6, 6.07) is 0. The van der Waals surface area contributed by atoms with E-state index in [1.54, 1.807) is 0 Å². The number of hydrogen-bond donors (Lipinski definition) is 1. The summed E-state index contributed by atoms with van der Waals surface area (Å²) in [5.41, 5.74) is -1.05. The van der Waals surface area contributed by atoms with Crippen LogP contribution in [0.4, 0.5) is 0 Å². The summed E-state index contributed by atoms with van der Waals surface area (Å²) in [5.74, 6) is -0.00926. The van der Waals surface area contributed by atoms with Crippen LogP contribution in [0.2, 0.25) is 0 Å². The zero-order valence-electron chi connectivity index (χ0n) is 7.68. The molecule has 0 spiro atoms. The third-order valence-electron chi connectivity index (χ3n) is 2.17. The third kappa shape index (κ3) is 2.62. The SMILES string of the molecule is CCCC(=O)C(O)(CC)CC. The van der Waals surface area contributed by atoms with Crippen LogP contribution in [0.5, 0.6) is 0 Å². The molecule has 0 aliphatic carbocycles. The second-order valence-corrected chi connectivity index (χ2v) is 2.91. The predicted molar refractivity (Wildman–Crippen MR) is 45.4 cm³/mol. The molecule has 0 radical (unpaired) electrons. The Hall–Kier alpha value is -0.370. The van der Waals surface area contributed by atoms with E-state index in [1.807, 2.05) is 20.8 Å². The normalized spacial score (nSPS) is 11.6. The van der Waals surface area contributed by atoms with Crippen LogP contribution >= 0.6 is 0 Å². The largest absolute Gasteiger partial charge is 0.382 e. The van der Waals surface area contributed by atoms with Crippen LogP contribution in [0.25, 0.3) is 0 Å². The lowest BCUT2D eigenvalue weighted by atomic mass is 9.90. The molecule has 1 N–H and O–H groups in total. The molecule has 0 saturated heterocycles. The van der Waals surface area contributed by atoms with E-state index in [9.17, 15) is 9.90 Å². The van der Waals surface area contributed by atoms with Gasteiger partial charge in [-0.25, -0.2) is 0 Å². The Labute approximate surface area is 68.6 Å². The van der Waals surface area contributed by atoms with E-state index in [0.717, 1.165) is 6.42 Å². The van der Waals surface area contributed by atoms with E-state index in [4.69, 9.17) is 0 Å². The van der Waals surface area contributed by atoms with Gasteiger partial charge in [-0.15, -0.1) is 0 Å². The molecule has 0 aromatic carbocycles. The van der Waals surface area contributed by atoms with Crippen LogP contribution in [0, 0.1) is 0 Å². The van der Waals surface area contributed by atoms with Crippen LogP contribution in [0.3, 0.4) is 0 Å². The van der Waals surface area contributed by atoms with Gasteiger partial charge in [0.25, 0.3) is 0 Å². The fraction of sp³-hybridized carbons (Fsp3) is 0.889. The number of Topliss-reactive ketones (excluding diaryl/α,β-unsaturated/α-hetero) is 1. The molecule has 11 heavy (non-hydrogen) atoms. The molecule has 0 heterocycles. The molecule has 0 atom stereocenters. The molecule has 66 valence electrons. The molecule has 0 aromatic heterocycles. The van der Waals surface area contributed by atoms with Crippen LogP contribution in [-0.2, 0) is 4.79 Å². The Balaban J connectivity index is 4.12. The smallest absolute Gasteiger partial charge is 0.164 e. The first-order valence-corrected chi connectivity index (χ1v) is 4.36. The molecule has 0 aliphatic rings. The summed E-state index contributed by atoms with van der Waals surface area (Å²) in [4.78, 5) is 11.3. The number of carbonyl (C=O) groups excluding carboxylic acids is 1. The van der Waals surface area contributed by atoms with Crippen molar-refractivity contribution in [1.29, 1.82) is 0 Å². The van der Waals surface area contributed by atoms with Crippen LogP contribution in [0.1, 0.15) is 46.5 Å². The number of ketones is 1. The lowest BCUT2D eigenvalue weighted by Crippen LogP contribution is -2.36. The molecule has 2 heteroatoms. The molecule has 0 saturated carbocycles. The maximum atomic E-state index is 11.3. The summed E-state index contributed by atoms with van der Waals surface area (Å²) in [5, 5.41) is 9.68. The van der Waals surface area contributed by atoms with Gasteiger partial charge in [-0.2, -0.15) is 0 Å². The molecule has 0 rings (SSSR count). The Morgan fingerprint density at radius 2 is 1.73 bits per heavy atom. The first-order valence-electron chi connectivity index (χ1n) is 4.36. The van der Waals surface area contributed by atoms with Gasteiger partial charge in [0.1, 0.15) is 5.60 Å². The second kappa shape index (κ2) is 4.50. The van der Waals surface area contributed by atoms with E-state index in [0.29, 0.717) is 19.3 Å². The van der Waals surface area contributed by atoms with Crippen molar-refractivity contribution in [2.24, 2.45) is 0 Å². The Morgan fingerprint density at radius 1 is 1.27 bits per heavy atom. The molecule has 0 aromatic rings. The zero-order valence-corrected chi connectivity index (χ0v) is 7.68. The summed E-state index contributed by atoms with van der Waals surface area (Å²) in [7, 11) is 0. The first kappa shape index (κ1) is 10.6. The van der Waals surface area contributed by atoms with Gasteiger partial charge in [0.05, 0.1) is 0 Å². The standard InChI is InChI=1S/C9H18O2/c1-4-7-8(10)9(11,5-2)6-3/h11H,4-7H2,1-3H3. The van der Waals surface area contributed by atoms with E-state index in [2.05, 4.69) is 0 Å². The highest BCUT2D eigenvalue weighted by molar-refractivity contribution is 5.86. The van der Waals surface area contributed by atoms with Gasteiger partial charge < -0.3 is 5.11 Å². The molecular formula is C9H18O2. The second-order valence-electron chi connectivity index (χ2n) is 2.91. The van der Waals surface area contributed by atoms with Crippen molar-refractivity contribution >= 4 is 5.78 Å². The molecule has 0 bridgehead atoms. The summed E-state index contributed by atoms with van der Waals surface area (Å²) in [6.07, 6.45) is 2.38. The van der Waals surface area contributed by atoms with Crippen molar-refractivity contribution < 1.29 is 9.90 Å². The van der Waals surface area contributed by atoms with Crippen molar-refractivity contribution in [2.45, 2.75) is 52.1 Å². The fourth-order valence-corrected chi connectivity index (χ4v) is 1.10. The molecule has 0 fully saturated rings. The highest BCUT2D eigenvalue weighted by Gasteiger charge is 2.29. The Kier molecular flexibility index (Phi) is 4.34. The first-order chi connectivity index (χ1) is 5.10. The number of rotatable bonds is 5. The lowest BCUT2D eigenvalue weighted by Gasteiger charge is -2.22. The van der Waals surface area contributed by atoms with Gasteiger partial charge in [-0.1, -0.05) is 20.8 Å². The highest BCUT2D eigenvalue weighted by atomic mass is 16.3. The van der Waals surface area contributed by atoms with Gasteiger partial charge in [0, 0.05) is 6.42 Å². The van der Waals surface area contributed by atoms with Gasteiger partial charge in [-0.3, -0.25) is 4.79 Å². The number of hydrogen-bond acceptors (Lipinski definition) is 2. The van der Waals surface area contributed by atoms with Crippen molar-refractivity contribution in [3.8, 4) is 0 Å². The Morgan fingerprint density at radius 3 is 2.00 bits per heavy atom. The van der Waals surface area contributed by atoms with Crippen LogP contribution < -0.4 is 0 Å². The van der Waals surface area contributed by atoms with Crippen molar-refractivity contribution in [1.82, 2.24) is 0 Å². The third-order valence-corrected chi connectivity index (χ3v) is 2.17. The minimum absolute atomic E-state index is 0.00926. The van der Waals surface area contributed by atoms with E-state index in [1.165, 1.54) is 0 Å². The fourth-order valence-electron chi connectivity index (χ4n) is 1.10. The van der Waals surface area contributed by atoms with Gasteiger partial charge in [0.15, 0.2) is 5.78 Å². The molecule has 0 amide bonds. The van der Waals surface area contributed by atoms with Crippen LogP contribution in [-0.4, -0.2) is 16.5 Å². The maximum absolute atomic E-state index is 11.3. The van der Waals surface area contributed by atoms with Gasteiger partial charge >= 0.3 is 0 Å². The molecule has 0 unspecified atom stereocenters. The van der Waals surface area contributed by atoms with Crippen molar-refractivity contribution in [2.75, 3.05) is 0 Å². The summed E-state index contributed by atoms with van der Waals surface area (Å²) in [6.45, 7) is 5.64. The summed E-state index contributed by atoms with van der Waals surface area (Å²) >= 11 is 0. The average molecular weight is 158 g/mol. The lowest BCUT2D eigenvalue weighted by molar-refractivity contribution is -0.138. The predicted octanol–water partition coefficient (Wildman–Crippen LogP) is 1.91. The van der Waals surface area contributed by atoms with E-state index in [-0.39, 0.29) is 5.78 Å². The summed E-state index contributed by atoms with van der Waals surface area (Å²) < 4.78 is 0. The molecule has 2 nitrogen and oxygen atoms in total. The Bertz CT molecular complexity index is 126. The monoisotopic (exact) mass is 158 g/mol. The number of carbonyl (C=O) groups is 1. The van der Waals surface area contributed by atoms with Crippen molar-refractivity contribution in [3.63, 3.8) is 0 Å². The van der Waals surface area contributed by atoms with Gasteiger partial charge in [0.2, 0.25) is 0 Å². The quantitative estimate of drug-likeness (QED) is 0.663. The zero-order chi connectivity index (χ0) is 8.91. The topological polar surface area (TPSA) is 37.3 Å². The highest BCUT2D eigenvalue weighted by Crippen LogP contribution is 2.18.